The monoisotopic (exact) mass is 356 g/mol. The molecule has 1 fully saturated rings. The summed E-state index contributed by atoms with van der Waals surface area (Å²) >= 11 is 0. The van der Waals surface area contributed by atoms with Crippen LogP contribution in [0.1, 0.15) is 38.2 Å². The molecule has 0 spiro atoms. The fourth-order valence-electron chi connectivity index (χ4n) is 3.47. The number of nitrogens with zero attached hydrogens (tertiary/aromatic N) is 1. The number of methoxy groups -OCH3 is 1. The molecule has 26 heavy (non-hydrogen) atoms. The van der Waals surface area contributed by atoms with Crippen molar-refractivity contribution in [1.29, 1.82) is 5.26 Å². The van der Waals surface area contributed by atoms with E-state index in [4.69, 9.17) is 14.2 Å². The zero-order chi connectivity index (χ0) is 18.5. The average molecular weight is 356 g/mol. The van der Waals surface area contributed by atoms with Crippen molar-refractivity contribution in [3.8, 4) is 23.3 Å². The van der Waals surface area contributed by atoms with Crippen molar-refractivity contribution >= 4 is 12.0 Å². The lowest BCUT2D eigenvalue weighted by molar-refractivity contribution is -0.118. The van der Waals surface area contributed by atoms with E-state index in [9.17, 15) is 10.1 Å². The Kier molecular flexibility index (Phi) is 5.67. The number of hydrogen-bond acceptors (Lipinski definition) is 5. The van der Waals surface area contributed by atoms with Crippen LogP contribution in [0.25, 0.3) is 6.08 Å². The Morgan fingerprint density at radius 3 is 2.81 bits per heavy atom. The Morgan fingerprint density at radius 2 is 2.08 bits per heavy atom. The van der Waals surface area contributed by atoms with Gasteiger partial charge in [-0.05, 0) is 42.5 Å². The highest BCUT2D eigenvalue weighted by atomic mass is 16.6. The van der Waals surface area contributed by atoms with Crippen LogP contribution >= 0.6 is 0 Å². The molecule has 0 radical (unpaired) electrons. The van der Waals surface area contributed by atoms with E-state index in [1.165, 1.54) is 6.42 Å². The average Bonchev–Trinajstić information content (AvgIpc) is 2.67. The normalized spacial score (nSPS) is 22.3. The molecule has 1 N–H and O–H groups in total. The number of carbonyl (C=O) groups is 1. The van der Waals surface area contributed by atoms with E-state index in [2.05, 4.69) is 12.2 Å². The first-order chi connectivity index (χ1) is 12.6. The lowest BCUT2D eigenvalue weighted by atomic mass is 9.86. The second kappa shape index (κ2) is 8.13. The molecule has 0 bridgehead atoms. The number of fused-ring (bicyclic) bond motifs is 1. The molecule has 0 aromatic heterocycles. The largest absolute Gasteiger partial charge is 0.493 e. The van der Waals surface area contributed by atoms with E-state index in [1.807, 2.05) is 6.07 Å². The first-order valence-corrected chi connectivity index (χ1v) is 9.02. The minimum atomic E-state index is -0.333. The molecule has 6 heteroatoms. The van der Waals surface area contributed by atoms with E-state index < -0.39 is 0 Å². The molecule has 1 aromatic carbocycles. The predicted molar refractivity (Wildman–Crippen MR) is 97.1 cm³/mol. The number of hydrogen-bond donors (Lipinski definition) is 1. The third-order valence-corrected chi connectivity index (χ3v) is 4.95. The maximum Gasteiger partial charge on any atom is 0.262 e. The van der Waals surface area contributed by atoms with Gasteiger partial charge in [0.25, 0.3) is 5.91 Å². The van der Waals surface area contributed by atoms with Crippen LogP contribution in [0.4, 0.5) is 0 Å². The molecule has 1 amide bonds. The van der Waals surface area contributed by atoms with E-state index >= 15 is 0 Å². The van der Waals surface area contributed by atoms with E-state index in [-0.39, 0.29) is 17.5 Å². The van der Waals surface area contributed by atoms with E-state index in [0.717, 1.165) is 19.3 Å². The van der Waals surface area contributed by atoms with Gasteiger partial charge in [-0.2, -0.15) is 5.26 Å². The number of amides is 1. The number of benzene rings is 1. The van der Waals surface area contributed by atoms with Crippen molar-refractivity contribution in [3.05, 3.63) is 23.3 Å². The van der Waals surface area contributed by atoms with Gasteiger partial charge in [-0.25, -0.2) is 0 Å². The predicted octanol–water partition coefficient (Wildman–Crippen LogP) is 3.07. The molecule has 6 nitrogen and oxygen atoms in total. The summed E-state index contributed by atoms with van der Waals surface area (Å²) in [5.74, 6) is 1.73. The van der Waals surface area contributed by atoms with Crippen molar-refractivity contribution in [2.75, 3.05) is 20.3 Å². The smallest absolute Gasteiger partial charge is 0.262 e. The van der Waals surface area contributed by atoms with Gasteiger partial charge in [0, 0.05) is 6.04 Å². The number of rotatable bonds is 4. The van der Waals surface area contributed by atoms with Gasteiger partial charge in [0.2, 0.25) is 5.75 Å². The lowest BCUT2D eigenvalue weighted by Gasteiger charge is -2.29. The first-order valence-electron chi connectivity index (χ1n) is 9.02. The van der Waals surface area contributed by atoms with Crippen LogP contribution in [0.5, 0.6) is 17.2 Å². The molecule has 0 unspecified atom stereocenters. The molecule has 0 saturated heterocycles. The molecular formula is C20H24N2O4. The van der Waals surface area contributed by atoms with Crippen LogP contribution in [-0.2, 0) is 4.79 Å². The maximum absolute atomic E-state index is 12.5. The summed E-state index contributed by atoms with van der Waals surface area (Å²) in [5.41, 5.74) is 0.732. The molecule has 1 aliphatic heterocycles. The molecular weight excluding hydrogens is 332 g/mol. The van der Waals surface area contributed by atoms with Crippen LogP contribution in [-0.4, -0.2) is 32.3 Å². The SMILES string of the molecule is COc1cc(/C=C(\C#N)C(=O)N[C@H]2CCCC[C@H]2C)cc2c1OCCO2. The van der Waals surface area contributed by atoms with Crippen molar-refractivity contribution in [2.45, 2.75) is 38.6 Å². The Balaban J connectivity index is 1.82. The van der Waals surface area contributed by atoms with Crippen LogP contribution < -0.4 is 19.5 Å². The molecule has 1 heterocycles. The maximum atomic E-state index is 12.5. The minimum Gasteiger partial charge on any atom is -0.493 e. The standard InChI is InChI=1S/C20H24N2O4/c1-13-5-3-4-6-16(13)22-20(23)15(12-21)9-14-10-17(24-2)19-18(11-14)25-7-8-26-19/h9-11,13,16H,3-8H2,1-2H3,(H,22,23)/b15-9+/t13-,16+/m1/s1. The Bertz CT molecular complexity index is 734. The fourth-order valence-corrected chi connectivity index (χ4v) is 3.47. The quantitative estimate of drug-likeness (QED) is 0.662. The van der Waals surface area contributed by atoms with Crippen LogP contribution in [0.3, 0.4) is 0 Å². The fraction of sp³-hybridized carbons (Fsp3) is 0.500. The molecule has 2 atom stereocenters. The zero-order valence-corrected chi connectivity index (χ0v) is 15.2. The van der Waals surface area contributed by atoms with Crippen molar-refractivity contribution in [2.24, 2.45) is 5.92 Å². The summed E-state index contributed by atoms with van der Waals surface area (Å²) < 4.78 is 16.5. The van der Waals surface area contributed by atoms with Crippen molar-refractivity contribution in [3.63, 3.8) is 0 Å². The van der Waals surface area contributed by atoms with Gasteiger partial charge < -0.3 is 19.5 Å². The van der Waals surface area contributed by atoms with Gasteiger partial charge in [0.1, 0.15) is 24.9 Å². The molecule has 1 aliphatic carbocycles. The van der Waals surface area contributed by atoms with Gasteiger partial charge in [0.15, 0.2) is 11.5 Å². The van der Waals surface area contributed by atoms with Gasteiger partial charge in [-0.1, -0.05) is 19.8 Å². The highest BCUT2D eigenvalue weighted by Gasteiger charge is 2.24. The van der Waals surface area contributed by atoms with E-state index in [0.29, 0.717) is 41.9 Å². The summed E-state index contributed by atoms with van der Waals surface area (Å²) in [6.07, 6.45) is 5.94. The Hall–Kier alpha value is -2.68. The number of nitrogens with one attached hydrogen (secondary N) is 1. The second-order valence-electron chi connectivity index (χ2n) is 6.76. The minimum absolute atomic E-state index is 0.0708. The topological polar surface area (TPSA) is 80.6 Å². The van der Waals surface area contributed by atoms with E-state index in [1.54, 1.807) is 25.3 Å². The van der Waals surface area contributed by atoms with Crippen molar-refractivity contribution < 1.29 is 19.0 Å². The number of nitriles is 1. The van der Waals surface area contributed by atoms with Crippen LogP contribution in [0.15, 0.2) is 17.7 Å². The van der Waals surface area contributed by atoms with Crippen molar-refractivity contribution in [1.82, 2.24) is 5.32 Å². The van der Waals surface area contributed by atoms with Gasteiger partial charge in [-0.3, -0.25) is 4.79 Å². The Morgan fingerprint density at radius 1 is 1.31 bits per heavy atom. The number of ether oxygens (including phenoxy) is 3. The molecule has 2 aliphatic rings. The third-order valence-electron chi connectivity index (χ3n) is 4.95. The number of carbonyl (C=O) groups excluding carboxylic acids is 1. The highest BCUT2D eigenvalue weighted by molar-refractivity contribution is 6.02. The van der Waals surface area contributed by atoms with Crippen LogP contribution in [0.2, 0.25) is 0 Å². The molecule has 1 aromatic rings. The van der Waals surface area contributed by atoms with Gasteiger partial charge >= 0.3 is 0 Å². The summed E-state index contributed by atoms with van der Waals surface area (Å²) in [5, 5.41) is 12.5. The third kappa shape index (κ3) is 3.93. The Labute approximate surface area is 153 Å². The summed E-state index contributed by atoms with van der Waals surface area (Å²) in [6.45, 7) is 3.06. The van der Waals surface area contributed by atoms with Crippen LogP contribution in [0, 0.1) is 17.2 Å². The summed E-state index contributed by atoms with van der Waals surface area (Å²) in [7, 11) is 1.55. The zero-order valence-electron chi connectivity index (χ0n) is 15.2. The first kappa shape index (κ1) is 18.1. The van der Waals surface area contributed by atoms with Gasteiger partial charge in [-0.15, -0.1) is 0 Å². The molecule has 3 rings (SSSR count). The summed E-state index contributed by atoms with van der Waals surface area (Å²) in [4.78, 5) is 12.5. The summed E-state index contributed by atoms with van der Waals surface area (Å²) in [6, 6.07) is 5.63. The lowest BCUT2D eigenvalue weighted by Crippen LogP contribution is -2.41. The molecule has 138 valence electrons. The van der Waals surface area contributed by atoms with Gasteiger partial charge in [0.05, 0.1) is 7.11 Å². The highest BCUT2D eigenvalue weighted by Crippen LogP contribution is 2.40. The molecule has 1 saturated carbocycles. The second-order valence-corrected chi connectivity index (χ2v) is 6.76.